The number of amides is 1. The van der Waals surface area contributed by atoms with Crippen molar-refractivity contribution in [2.45, 2.75) is 12.1 Å². The monoisotopic (exact) mass is 232 g/mol. The zero-order valence-corrected chi connectivity index (χ0v) is 9.60. The molecule has 3 heterocycles. The lowest BCUT2D eigenvalue weighted by Crippen LogP contribution is -2.63. The van der Waals surface area contributed by atoms with Gasteiger partial charge in [0.1, 0.15) is 6.04 Å². The molecular formula is C12H16N4O. The molecule has 2 fully saturated rings. The van der Waals surface area contributed by atoms with Crippen LogP contribution in [0.4, 0.5) is 0 Å². The van der Waals surface area contributed by atoms with Crippen LogP contribution in [0.5, 0.6) is 0 Å². The molecule has 0 aromatic carbocycles. The number of hydrogen-bond acceptors (Lipinski definition) is 4. The molecule has 3 rings (SSSR count). The van der Waals surface area contributed by atoms with E-state index in [2.05, 4.69) is 20.5 Å². The zero-order chi connectivity index (χ0) is 11.7. The Balaban J connectivity index is 1.91. The molecule has 1 aromatic rings. The van der Waals surface area contributed by atoms with Crippen molar-refractivity contribution in [3.63, 3.8) is 0 Å². The van der Waals surface area contributed by atoms with Gasteiger partial charge in [-0.3, -0.25) is 14.7 Å². The van der Waals surface area contributed by atoms with Crippen molar-refractivity contribution in [1.29, 1.82) is 0 Å². The molecule has 2 aliphatic heterocycles. The molecule has 0 spiro atoms. The number of piperazine rings is 2. The van der Waals surface area contributed by atoms with Crippen LogP contribution < -0.4 is 10.6 Å². The molecular weight excluding hydrogens is 216 g/mol. The van der Waals surface area contributed by atoms with Crippen LogP contribution in [-0.2, 0) is 4.79 Å². The molecule has 5 nitrogen and oxygen atoms in total. The average Bonchev–Trinajstić information content (AvgIpc) is 2.39. The first kappa shape index (κ1) is 10.7. The van der Waals surface area contributed by atoms with E-state index in [9.17, 15) is 4.79 Å². The first-order valence-electron chi connectivity index (χ1n) is 6.00. The summed E-state index contributed by atoms with van der Waals surface area (Å²) in [6.45, 7) is 3.56. The molecule has 2 aliphatic rings. The van der Waals surface area contributed by atoms with E-state index < -0.39 is 0 Å². The number of nitrogens with one attached hydrogen (secondary N) is 2. The molecule has 1 amide bonds. The van der Waals surface area contributed by atoms with Gasteiger partial charge in [-0.2, -0.15) is 0 Å². The highest BCUT2D eigenvalue weighted by molar-refractivity contribution is 5.84. The van der Waals surface area contributed by atoms with E-state index in [-0.39, 0.29) is 11.9 Å². The molecule has 0 saturated carbocycles. The van der Waals surface area contributed by atoms with Gasteiger partial charge in [0, 0.05) is 44.6 Å². The van der Waals surface area contributed by atoms with Crippen LogP contribution in [0.25, 0.3) is 0 Å². The third-order valence-corrected chi connectivity index (χ3v) is 3.51. The molecule has 2 atom stereocenters. The lowest BCUT2D eigenvalue weighted by atomic mass is 9.99. The number of rotatable bonds is 1. The second kappa shape index (κ2) is 4.43. The molecule has 0 bridgehead atoms. The molecule has 2 unspecified atom stereocenters. The first-order chi connectivity index (χ1) is 8.36. The Morgan fingerprint density at radius 3 is 2.94 bits per heavy atom. The minimum absolute atomic E-state index is 0.106. The molecule has 90 valence electrons. The number of aromatic nitrogens is 1. The van der Waals surface area contributed by atoms with Gasteiger partial charge in [-0.15, -0.1) is 0 Å². The smallest absolute Gasteiger partial charge is 0.242 e. The van der Waals surface area contributed by atoms with Gasteiger partial charge in [0.15, 0.2) is 0 Å². The Bertz CT molecular complexity index is 408. The Labute approximate surface area is 100 Å². The number of nitrogens with zero attached hydrogens (tertiary/aromatic N) is 2. The molecule has 0 aliphatic carbocycles. The highest BCUT2D eigenvalue weighted by Gasteiger charge is 2.38. The maximum Gasteiger partial charge on any atom is 0.242 e. The van der Waals surface area contributed by atoms with Crippen LogP contribution in [0, 0.1) is 0 Å². The molecule has 1 aromatic heterocycles. The van der Waals surface area contributed by atoms with Crippen molar-refractivity contribution in [1.82, 2.24) is 20.5 Å². The summed E-state index contributed by atoms with van der Waals surface area (Å²) in [6.07, 6.45) is 3.49. The maximum absolute atomic E-state index is 12.1. The number of carbonyl (C=O) groups excluding carboxylic acids is 1. The van der Waals surface area contributed by atoms with Gasteiger partial charge in [-0.05, 0) is 17.7 Å². The largest absolute Gasteiger partial charge is 0.353 e. The minimum Gasteiger partial charge on any atom is -0.353 e. The fourth-order valence-electron chi connectivity index (χ4n) is 2.66. The Morgan fingerprint density at radius 1 is 1.29 bits per heavy atom. The first-order valence-corrected chi connectivity index (χ1v) is 6.00. The van der Waals surface area contributed by atoms with Gasteiger partial charge >= 0.3 is 0 Å². The van der Waals surface area contributed by atoms with Crippen molar-refractivity contribution in [3.8, 4) is 0 Å². The van der Waals surface area contributed by atoms with E-state index in [4.69, 9.17) is 0 Å². The van der Waals surface area contributed by atoms with Crippen molar-refractivity contribution in [2.24, 2.45) is 0 Å². The summed E-state index contributed by atoms with van der Waals surface area (Å²) in [5.74, 6) is 0.106. The fraction of sp³-hybridized carbons (Fsp3) is 0.500. The van der Waals surface area contributed by atoms with E-state index in [0.29, 0.717) is 6.04 Å². The van der Waals surface area contributed by atoms with Crippen LogP contribution in [0.3, 0.4) is 0 Å². The van der Waals surface area contributed by atoms with Gasteiger partial charge in [0.2, 0.25) is 5.91 Å². The van der Waals surface area contributed by atoms with Crippen LogP contribution in [-0.4, -0.2) is 48.0 Å². The fourth-order valence-corrected chi connectivity index (χ4v) is 2.66. The summed E-state index contributed by atoms with van der Waals surface area (Å²) >= 11 is 0. The highest BCUT2D eigenvalue weighted by Crippen LogP contribution is 2.26. The number of pyridine rings is 1. The molecule has 5 heteroatoms. The van der Waals surface area contributed by atoms with Crippen molar-refractivity contribution in [3.05, 3.63) is 30.1 Å². The van der Waals surface area contributed by atoms with Gasteiger partial charge in [0.05, 0.1) is 0 Å². The Morgan fingerprint density at radius 2 is 2.12 bits per heavy atom. The minimum atomic E-state index is -0.154. The predicted molar refractivity (Wildman–Crippen MR) is 63.4 cm³/mol. The molecule has 0 radical (unpaired) electrons. The normalized spacial score (nSPS) is 29.5. The summed E-state index contributed by atoms with van der Waals surface area (Å²) in [4.78, 5) is 18.4. The second-order valence-electron chi connectivity index (χ2n) is 4.52. The molecule has 2 N–H and O–H groups in total. The van der Waals surface area contributed by atoms with E-state index >= 15 is 0 Å². The number of fused-ring (bicyclic) bond motifs is 1. The maximum atomic E-state index is 12.1. The third kappa shape index (κ3) is 1.92. The SMILES string of the molecule is O=C1NCC2CNCCN2C1c1ccncc1. The van der Waals surface area contributed by atoms with Crippen molar-refractivity contribution in [2.75, 3.05) is 26.2 Å². The zero-order valence-electron chi connectivity index (χ0n) is 9.60. The molecule has 2 saturated heterocycles. The predicted octanol–water partition coefficient (Wildman–Crippen LogP) is -0.474. The van der Waals surface area contributed by atoms with Crippen molar-refractivity contribution < 1.29 is 4.79 Å². The van der Waals surface area contributed by atoms with Crippen LogP contribution in [0.2, 0.25) is 0 Å². The Hall–Kier alpha value is -1.46. The van der Waals surface area contributed by atoms with Gasteiger partial charge < -0.3 is 10.6 Å². The quantitative estimate of drug-likeness (QED) is 0.687. The third-order valence-electron chi connectivity index (χ3n) is 3.51. The Kier molecular flexibility index (Phi) is 2.78. The average molecular weight is 232 g/mol. The summed E-state index contributed by atoms with van der Waals surface area (Å²) in [5, 5.41) is 6.35. The summed E-state index contributed by atoms with van der Waals surface area (Å²) in [7, 11) is 0. The standard InChI is InChI=1S/C12H16N4O/c17-12-11(9-1-3-13-4-2-9)16-6-5-14-7-10(16)8-15-12/h1-4,10-11,14H,5-8H2,(H,15,17). The van der Waals surface area contributed by atoms with Crippen LogP contribution in [0.15, 0.2) is 24.5 Å². The van der Waals surface area contributed by atoms with Crippen LogP contribution in [0.1, 0.15) is 11.6 Å². The summed E-state index contributed by atoms with van der Waals surface area (Å²) < 4.78 is 0. The topological polar surface area (TPSA) is 57.3 Å². The molecule has 17 heavy (non-hydrogen) atoms. The van der Waals surface area contributed by atoms with E-state index in [1.165, 1.54) is 0 Å². The number of hydrogen-bond donors (Lipinski definition) is 2. The summed E-state index contributed by atoms with van der Waals surface area (Å²) in [5.41, 5.74) is 1.03. The summed E-state index contributed by atoms with van der Waals surface area (Å²) in [6, 6.07) is 4.10. The van der Waals surface area contributed by atoms with Gasteiger partial charge in [0.25, 0.3) is 0 Å². The second-order valence-corrected chi connectivity index (χ2v) is 4.52. The van der Waals surface area contributed by atoms with E-state index in [1.54, 1.807) is 12.4 Å². The lowest BCUT2D eigenvalue weighted by molar-refractivity contribution is -0.132. The van der Waals surface area contributed by atoms with Gasteiger partial charge in [-0.1, -0.05) is 0 Å². The van der Waals surface area contributed by atoms with E-state index in [1.807, 2.05) is 12.1 Å². The van der Waals surface area contributed by atoms with Gasteiger partial charge in [-0.25, -0.2) is 0 Å². The highest BCUT2D eigenvalue weighted by atomic mass is 16.2. The van der Waals surface area contributed by atoms with Crippen molar-refractivity contribution >= 4 is 5.91 Å². The van der Waals surface area contributed by atoms with Crippen LogP contribution >= 0.6 is 0 Å². The van der Waals surface area contributed by atoms with E-state index in [0.717, 1.165) is 31.7 Å². The number of carbonyl (C=O) groups is 1. The lowest BCUT2D eigenvalue weighted by Gasteiger charge is -2.44.